The number of H-pyrrole nitrogens is 1. The maximum Gasteiger partial charge on any atom is 0.469 e. The number of rotatable bonds is 3. The summed E-state index contributed by atoms with van der Waals surface area (Å²) in [5.41, 5.74) is -3.45. The van der Waals surface area contributed by atoms with E-state index in [9.17, 15) is 23.7 Å². The van der Waals surface area contributed by atoms with Crippen LogP contribution in [-0.2, 0) is 13.8 Å². The average molecular weight is 338 g/mol. The van der Waals surface area contributed by atoms with Crippen molar-refractivity contribution in [2.45, 2.75) is 36.9 Å². The molecular formula is C10H12FN2O8P. The van der Waals surface area contributed by atoms with Crippen molar-refractivity contribution in [1.82, 2.24) is 9.55 Å². The van der Waals surface area contributed by atoms with E-state index >= 15 is 0 Å². The van der Waals surface area contributed by atoms with Gasteiger partial charge in [-0.05, 0) is 0 Å². The molecule has 2 fully saturated rings. The van der Waals surface area contributed by atoms with Crippen molar-refractivity contribution in [3.63, 3.8) is 0 Å². The number of phosphoric ester groups is 1. The van der Waals surface area contributed by atoms with Crippen LogP contribution in [0.15, 0.2) is 15.8 Å². The standard InChI is InChI=1S/C10H12FN2O8P/c11-4-3-13(9(16)12-8(4)15)7-1-5(14)10(20-7)2-6(10)21-22(17,18)19/h3,5-7,14H,1-2H2,(H,12,15,16)(H2,17,18,19)/t5?,6-,7-,10+/m1/s1. The summed E-state index contributed by atoms with van der Waals surface area (Å²) in [6.45, 7) is 0. The van der Waals surface area contributed by atoms with Gasteiger partial charge in [0.25, 0.3) is 5.56 Å². The van der Waals surface area contributed by atoms with E-state index in [0.29, 0.717) is 6.20 Å². The van der Waals surface area contributed by atoms with Gasteiger partial charge >= 0.3 is 13.5 Å². The second-order valence-corrected chi connectivity index (χ2v) is 6.40. The van der Waals surface area contributed by atoms with Crippen LogP contribution in [0.1, 0.15) is 19.1 Å². The Labute approximate surface area is 121 Å². The van der Waals surface area contributed by atoms with Crippen molar-refractivity contribution < 1.29 is 33.1 Å². The molecule has 0 aromatic carbocycles. The lowest BCUT2D eigenvalue weighted by Crippen LogP contribution is -2.34. The largest absolute Gasteiger partial charge is 0.469 e. The van der Waals surface area contributed by atoms with Gasteiger partial charge in [0.05, 0.1) is 12.3 Å². The van der Waals surface area contributed by atoms with Crippen LogP contribution in [0.4, 0.5) is 4.39 Å². The number of ether oxygens (including phenoxy) is 1. The smallest absolute Gasteiger partial charge is 0.390 e. The van der Waals surface area contributed by atoms with Gasteiger partial charge in [0, 0.05) is 12.8 Å². The molecule has 2 aliphatic rings. The Balaban J connectivity index is 1.83. The third-order valence-electron chi connectivity index (χ3n) is 3.73. The fraction of sp³-hybridized carbons (Fsp3) is 0.600. The van der Waals surface area contributed by atoms with Crippen molar-refractivity contribution in [1.29, 1.82) is 0 Å². The van der Waals surface area contributed by atoms with Gasteiger partial charge in [-0.15, -0.1) is 0 Å². The highest BCUT2D eigenvalue weighted by Gasteiger charge is 2.68. The number of halogens is 1. The van der Waals surface area contributed by atoms with E-state index in [4.69, 9.17) is 14.5 Å². The van der Waals surface area contributed by atoms with Crippen molar-refractivity contribution in [2.75, 3.05) is 0 Å². The van der Waals surface area contributed by atoms with Crippen LogP contribution in [-0.4, -0.2) is 42.3 Å². The van der Waals surface area contributed by atoms with Crippen molar-refractivity contribution in [2.24, 2.45) is 0 Å². The van der Waals surface area contributed by atoms with E-state index in [0.717, 1.165) is 4.57 Å². The summed E-state index contributed by atoms with van der Waals surface area (Å²) in [6.07, 6.45) is -2.71. The highest BCUT2D eigenvalue weighted by Crippen LogP contribution is 2.58. The van der Waals surface area contributed by atoms with Crippen LogP contribution in [0.25, 0.3) is 0 Å². The van der Waals surface area contributed by atoms with Crippen LogP contribution in [0, 0.1) is 5.82 Å². The SMILES string of the molecule is O=c1[nH]c(=O)n([C@H]2CC(O)[C@]3(C[C@H]3OP(=O)(O)O)O2)cc1F. The molecule has 3 rings (SSSR count). The van der Waals surface area contributed by atoms with Gasteiger partial charge in [0.1, 0.15) is 17.9 Å². The van der Waals surface area contributed by atoms with E-state index in [1.165, 1.54) is 0 Å². The maximum atomic E-state index is 13.3. The minimum Gasteiger partial charge on any atom is -0.390 e. The number of aliphatic hydroxyl groups excluding tert-OH is 1. The first kappa shape index (κ1) is 15.5. The van der Waals surface area contributed by atoms with Crippen LogP contribution in [0.3, 0.4) is 0 Å². The predicted molar refractivity (Wildman–Crippen MR) is 66.3 cm³/mol. The summed E-state index contributed by atoms with van der Waals surface area (Å²) >= 11 is 0. The first-order valence-corrected chi connectivity index (χ1v) is 7.76. The molecule has 0 amide bonds. The van der Waals surface area contributed by atoms with Gasteiger partial charge in [0.2, 0.25) is 5.82 Å². The second kappa shape index (κ2) is 4.82. The maximum absolute atomic E-state index is 13.3. The molecule has 1 saturated heterocycles. The zero-order valence-electron chi connectivity index (χ0n) is 10.9. The molecule has 2 heterocycles. The first-order valence-electron chi connectivity index (χ1n) is 6.23. The van der Waals surface area contributed by atoms with Gasteiger partial charge < -0.3 is 19.6 Å². The van der Waals surface area contributed by atoms with E-state index in [1.54, 1.807) is 4.98 Å². The fourth-order valence-corrected chi connectivity index (χ4v) is 3.20. The summed E-state index contributed by atoms with van der Waals surface area (Å²) < 4.78 is 34.8. The van der Waals surface area contributed by atoms with Gasteiger partial charge in [-0.3, -0.25) is 18.9 Å². The van der Waals surface area contributed by atoms with E-state index in [1.807, 2.05) is 0 Å². The zero-order valence-corrected chi connectivity index (χ0v) is 11.8. The first-order chi connectivity index (χ1) is 10.1. The molecule has 122 valence electrons. The molecule has 1 unspecified atom stereocenters. The van der Waals surface area contributed by atoms with E-state index in [2.05, 4.69) is 4.52 Å². The molecule has 1 aliphatic heterocycles. The number of aromatic amines is 1. The highest BCUT2D eigenvalue weighted by atomic mass is 31.2. The van der Waals surface area contributed by atoms with Crippen molar-refractivity contribution >= 4 is 7.82 Å². The lowest BCUT2D eigenvalue weighted by molar-refractivity contribution is -0.0602. The Morgan fingerprint density at radius 1 is 1.50 bits per heavy atom. The number of nitrogens with zero attached hydrogens (tertiary/aromatic N) is 1. The Bertz CT molecular complexity index is 771. The quantitative estimate of drug-likeness (QED) is 0.490. The number of hydrogen-bond acceptors (Lipinski definition) is 6. The Hall–Kier alpha value is -1.36. The Morgan fingerprint density at radius 3 is 2.82 bits per heavy atom. The van der Waals surface area contributed by atoms with Crippen molar-refractivity contribution in [3.8, 4) is 0 Å². The zero-order chi connectivity index (χ0) is 16.3. The molecule has 1 aliphatic carbocycles. The topological polar surface area (TPSA) is 151 Å². The minimum atomic E-state index is -4.75. The molecule has 4 atom stereocenters. The molecule has 1 spiro atoms. The lowest BCUT2D eigenvalue weighted by atomic mass is 10.1. The molecular weight excluding hydrogens is 326 g/mol. The number of aromatic nitrogens is 2. The average Bonchev–Trinajstić information content (AvgIpc) is 2.93. The van der Waals surface area contributed by atoms with Gasteiger partial charge in [0.15, 0.2) is 0 Å². The van der Waals surface area contributed by atoms with Crippen LogP contribution in [0.5, 0.6) is 0 Å². The second-order valence-electron chi connectivity index (χ2n) is 5.21. The number of hydrogen-bond donors (Lipinski definition) is 4. The minimum absolute atomic E-state index is 0.0242. The molecule has 1 aromatic heterocycles. The summed E-state index contributed by atoms with van der Waals surface area (Å²) in [5.74, 6) is -1.20. The van der Waals surface area contributed by atoms with Crippen LogP contribution in [0.2, 0.25) is 0 Å². The third kappa shape index (κ3) is 2.56. The predicted octanol–water partition coefficient (Wildman–Crippen LogP) is -1.42. The molecule has 1 saturated carbocycles. The molecule has 22 heavy (non-hydrogen) atoms. The van der Waals surface area contributed by atoms with Crippen molar-refractivity contribution in [3.05, 3.63) is 32.9 Å². The van der Waals surface area contributed by atoms with Gasteiger partial charge in [-0.2, -0.15) is 4.39 Å². The van der Waals surface area contributed by atoms with Gasteiger partial charge in [-0.25, -0.2) is 9.36 Å². The summed E-state index contributed by atoms with van der Waals surface area (Å²) in [4.78, 5) is 41.9. The van der Waals surface area contributed by atoms with Crippen LogP contribution >= 0.6 is 7.82 Å². The normalized spacial score (nSPS) is 34.3. The fourth-order valence-electron chi connectivity index (χ4n) is 2.61. The highest BCUT2D eigenvalue weighted by molar-refractivity contribution is 7.46. The van der Waals surface area contributed by atoms with E-state index in [-0.39, 0.29) is 12.8 Å². The van der Waals surface area contributed by atoms with Crippen LogP contribution < -0.4 is 11.2 Å². The Morgan fingerprint density at radius 2 is 2.18 bits per heavy atom. The molecule has 0 bridgehead atoms. The molecule has 1 aromatic rings. The number of phosphoric acid groups is 1. The lowest BCUT2D eigenvalue weighted by Gasteiger charge is -2.16. The Kier molecular flexibility index (Phi) is 3.40. The monoisotopic (exact) mass is 338 g/mol. The molecule has 10 nitrogen and oxygen atoms in total. The number of nitrogens with one attached hydrogen (secondary N) is 1. The number of aliphatic hydroxyl groups is 1. The molecule has 12 heteroatoms. The van der Waals surface area contributed by atoms with E-state index < -0.39 is 48.9 Å². The van der Waals surface area contributed by atoms with Gasteiger partial charge in [-0.1, -0.05) is 0 Å². The summed E-state index contributed by atoms with van der Waals surface area (Å²) in [5, 5.41) is 9.99. The molecule has 0 radical (unpaired) electrons. The third-order valence-corrected chi connectivity index (χ3v) is 4.26. The summed E-state index contributed by atoms with van der Waals surface area (Å²) in [7, 11) is -4.75. The summed E-state index contributed by atoms with van der Waals surface area (Å²) in [6, 6.07) is 0. The molecule has 4 N–H and O–H groups in total.